The second-order valence-corrected chi connectivity index (χ2v) is 5.76. The van der Waals surface area contributed by atoms with Gasteiger partial charge in [-0.1, -0.05) is 29.8 Å². The van der Waals surface area contributed by atoms with Crippen molar-refractivity contribution in [1.29, 1.82) is 0 Å². The molecule has 0 atom stereocenters. The number of carbonyl (C=O) groups is 1. The molecule has 0 aliphatic heterocycles. The molecule has 0 spiro atoms. The number of ketones is 1. The molecule has 3 aromatic rings. The minimum Gasteiger partial charge on any atom is -0.398 e. The predicted octanol–water partition coefficient (Wildman–Crippen LogP) is 3.76. The molecule has 0 saturated carbocycles. The summed E-state index contributed by atoms with van der Waals surface area (Å²) in [5, 5.41) is 0.850. The number of nitrogen functional groups attached to an aromatic ring is 1. The lowest BCUT2D eigenvalue weighted by Crippen LogP contribution is -2.04. The molecule has 0 aliphatic rings. The molecule has 3 rings (SSSR count). The zero-order chi connectivity index (χ0) is 13.4. The second kappa shape index (κ2) is 4.64. The number of aromatic nitrogens is 1. The number of anilines is 1. The van der Waals surface area contributed by atoms with Crippen molar-refractivity contribution in [3.63, 3.8) is 0 Å². The first-order chi connectivity index (χ1) is 9.15. The van der Waals surface area contributed by atoms with E-state index in [0.717, 1.165) is 5.39 Å². The molecule has 19 heavy (non-hydrogen) atoms. The van der Waals surface area contributed by atoms with E-state index in [4.69, 9.17) is 17.3 Å². The number of halogens is 1. The third-order valence-corrected chi connectivity index (χ3v) is 4.01. The van der Waals surface area contributed by atoms with Gasteiger partial charge in [0.1, 0.15) is 5.69 Å². The fourth-order valence-corrected chi connectivity index (χ4v) is 2.87. The maximum absolute atomic E-state index is 12.3. The van der Waals surface area contributed by atoms with Crippen molar-refractivity contribution in [2.75, 3.05) is 5.73 Å². The zero-order valence-corrected chi connectivity index (χ0v) is 11.3. The van der Waals surface area contributed by atoms with Crippen molar-refractivity contribution in [2.24, 2.45) is 0 Å². The number of rotatable bonds is 2. The highest BCUT2D eigenvalue weighted by Gasteiger charge is 2.14. The molecule has 2 N–H and O–H groups in total. The van der Waals surface area contributed by atoms with Crippen molar-refractivity contribution in [3.8, 4) is 0 Å². The molecule has 1 aromatic carbocycles. The maximum atomic E-state index is 12.3. The Bertz CT molecular complexity index is 782. The Morgan fingerprint density at radius 1 is 1.21 bits per heavy atom. The number of carbonyl (C=O) groups excluding carboxylic acids is 1. The maximum Gasteiger partial charge on any atom is 0.221 e. The largest absolute Gasteiger partial charge is 0.398 e. The number of nitrogens with zero attached hydrogens (tertiary/aromatic N) is 1. The normalized spacial score (nSPS) is 10.8. The van der Waals surface area contributed by atoms with Crippen molar-refractivity contribution in [1.82, 2.24) is 4.98 Å². The lowest BCUT2D eigenvalue weighted by atomic mass is 10.1. The van der Waals surface area contributed by atoms with Gasteiger partial charge in [0.15, 0.2) is 0 Å². The van der Waals surface area contributed by atoms with E-state index in [0.29, 0.717) is 26.1 Å². The van der Waals surface area contributed by atoms with Crippen molar-refractivity contribution in [2.45, 2.75) is 0 Å². The fraction of sp³-hybridized carbons (Fsp3) is 0. The summed E-state index contributed by atoms with van der Waals surface area (Å²) in [5.41, 5.74) is 7.57. The molecule has 0 radical (unpaired) electrons. The highest BCUT2D eigenvalue weighted by atomic mass is 35.5. The molecule has 0 saturated heterocycles. The van der Waals surface area contributed by atoms with E-state index >= 15 is 0 Å². The first kappa shape index (κ1) is 12.1. The quantitative estimate of drug-likeness (QED) is 0.730. The predicted molar refractivity (Wildman–Crippen MR) is 78.9 cm³/mol. The van der Waals surface area contributed by atoms with Crippen molar-refractivity contribution < 1.29 is 4.79 Å². The first-order valence-electron chi connectivity index (χ1n) is 5.60. The van der Waals surface area contributed by atoms with Crippen LogP contribution in [-0.2, 0) is 0 Å². The third kappa shape index (κ3) is 2.20. The van der Waals surface area contributed by atoms with Gasteiger partial charge in [0, 0.05) is 11.1 Å². The molecule has 2 aromatic heterocycles. The molecule has 3 nitrogen and oxygen atoms in total. The molecule has 5 heteroatoms. The summed E-state index contributed by atoms with van der Waals surface area (Å²) in [4.78, 5) is 17.2. The van der Waals surface area contributed by atoms with Crippen LogP contribution in [0.5, 0.6) is 0 Å². The number of fused-ring (bicyclic) bond motifs is 1. The molecular formula is C14H9ClN2OS. The summed E-state index contributed by atoms with van der Waals surface area (Å²) in [6, 6.07) is 12.5. The van der Waals surface area contributed by atoms with Crippen molar-refractivity contribution >= 4 is 45.3 Å². The molecule has 0 aliphatic carbocycles. The number of para-hydroxylation sites is 1. The molecule has 0 amide bonds. The van der Waals surface area contributed by atoms with Crippen LogP contribution in [0.1, 0.15) is 15.4 Å². The van der Waals surface area contributed by atoms with Crippen LogP contribution in [0.3, 0.4) is 0 Å². The smallest absolute Gasteiger partial charge is 0.221 e. The summed E-state index contributed by atoms with van der Waals surface area (Å²) in [7, 11) is 0. The average molecular weight is 289 g/mol. The summed E-state index contributed by atoms with van der Waals surface area (Å²) in [6.07, 6.45) is 0. The van der Waals surface area contributed by atoms with E-state index in [1.807, 2.05) is 24.3 Å². The lowest BCUT2D eigenvalue weighted by Gasteiger charge is -2.04. The van der Waals surface area contributed by atoms with Crippen LogP contribution in [0.2, 0.25) is 4.34 Å². The molecule has 2 heterocycles. The number of thiophene rings is 1. The number of pyridine rings is 1. The summed E-state index contributed by atoms with van der Waals surface area (Å²) in [6.45, 7) is 0. The van der Waals surface area contributed by atoms with Crippen LogP contribution in [0.4, 0.5) is 5.69 Å². The van der Waals surface area contributed by atoms with E-state index < -0.39 is 0 Å². The van der Waals surface area contributed by atoms with Crippen LogP contribution in [0.25, 0.3) is 10.9 Å². The first-order valence-corrected chi connectivity index (χ1v) is 6.80. The Morgan fingerprint density at radius 2 is 2.00 bits per heavy atom. The van der Waals surface area contributed by atoms with Gasteiger partial charge in [-0.15, -0.1) is 11.3 Å². The van der Waals surface area contributed by atoms with Crippen molar-refractivity contribution in [3.05, 3.63) is 57.4 Å². The minimum absolute atomic E-state index is 0.158. The number of nitrogens with two attached hydrogens (primary N) is 1. The highest BCUT2D eigenvalue weighted by Crippen LogP contribution is 2.26. The van der Waals surface area contributed by atoms with Gasteiger partial charge in [0.05, 0.1) is 14.7 Å². The minimum atomic E-state index is -0.158. The van der Waals surface area contributed by atoms with Gasteiger partial charge in [-0.25, -0.2) is 4.98 Å². The number of benzene rings is 1. The molecule has 94 valence electrons. The summed E-state index contributed by atoms with van der Waals surface area (Å²) in [5.74, 6) is -0.158. The van der Waals surface area contributed by atoms with Crippen LogP contribution < -0.4 is 5.73 Å². The number of hydrogen-bond acceptors (Lipinski definition) is 4. The molecule has 0 bridgehead atoms. The van der Waals surface area contributed by atoms with Gasteiger partial charge in [-0.2, -0.15) is 0 Å². The zero-order valence-electron chi connectivity index (χ0n) is 9.76. The van der Waals surface area contributed by atoms with Gasteiger partial charge in [0.25, 0.3) is 0 Å². The van der Waals surface area contributed by atoms with E-state index in [9.17, 15) is 4.79 Å². The average Bonchev–Trinajstić information content (AvgIpc) is 2.84. The fourth-order valence-electron chi connectivity index (χ4n) is 1.88. The van der Waals surface area contributed by atoms with Gasteiger partial charge in [0.2, 0.25) is 5.78 Å². The van der Waals surface area contributed by atoms with Gasteiger partial charge in [-0.05, 0) is 24.3 Å². The van der Waals surface area contributed by atoms with Crippen LogP contribution in [-0.4, -0.2) is 10.8 Å². The lowest BCUT2D eigenvalue weighted by molar-refractivity contribution is 0.103. The van der Waals surface area contributed by atoms with E-state index in [1.165, 1.54) is 11.3 Å². The van der Waals surface area contributed by atoms with Gasteiger partial charge < -0.3 is 5.73 Å². The summed E-state index contributed by atoms with van der Waals surface area (Å²) >= 11 is 7.08. The monoisotopic (exact) mass is 288 g/mol. The second-order valence-electron chi connectivity index (χ2n) is 4.05. The van der Waals surface area contributed by atoms with Gasteiger partial charge >= 0.3 is 0 Å². The van der Waals surface area contributed by atoms with Crippen LogP contribution in [0, 0.1) is 0 Å². The Hall–Kier alpha value is -1.91. The summed E-state index contributed by atoms with van der Waals surface area (Å²) < 4.78 is 0.581. The van der Waals surface area contributed by atoms with Crippen LogP contribution >= 0.6 is 22.9 Å². The third-order valence-electron chi connectivity index (χ3n) is 2.78. The Balaban J connectivity index is 2.13. The van der Waals surface area contributed by atoms with E-state index in [2.05, 4.69) is 4.98 Å². The molecule has 0 fully saturated rings. The van der Waals surface area contributed by atoms with Gasteiger partial charge in [-0.3, -0.25) is 4.79 Å². The standard InChI is InChI=1S/C14H9ClN2OS/c15-13-6-5-12(19-13)14(18)11-7-9(16)8-3-1-2-4-10(8)17-11/h1-7H,(H2,16,17). The highest BCUT2D eigenvalue weighted by molar-refractivity contribution is 7.18. The van der Waals surface area contributed by atoms with E-state index in [1.54, 1.807) is 18.2 Å². The SMILES string of the molecule is Nc1cc(C(=O)c2ccc(Cl)s2)nc2ccccc12. The number of hydrogen-bond donors (Lipinski definition) is 1. The Morgan fingerprint density at radius 3 is 2.74 bits per heavy atom. The topological polar surface area (TPSA) is 56.0 Å². The molecular weight excluding hydrogens is 280 g/mol. The Kier molecular flexibility index (Phi) is 2.97. The van der Waals surface area contributed by atoms with Crippen LogP contribution in [0.15, 0.2) is 42.5 Å². The molecule has 0 unspecified atom stereocenters. The Labute approximate surface area is 118 Å². The van der Waals surface area contributed by atoms with E-state index in [-0.39, 0.29) is 5.78 Å².